The summed E-state index contributed by atoms with van der Waals surface area (Å²) in [5.74, 6) is 0.202. The molecular formula is C16H20N4O4S. The molecule has 0 unspecified atom stereocenters. The average Bonchev–Trinajstić information content (AvgIpc) is 2.94. The zero-order chi connectivity index (χ0) is 18.5. The predicted octanol–water partition coefficient (Wildman–Crippen LogP) is 0.732. The molecule has 0 saturated carbocycles. The number of esters is 1. The topological polar surface area (TPSA) is 96.1 Å². The number of ether oxygens (including phenoxy) is 1. The number of thioether (sulfide) groups is 1. The summed E-state index contributed by atoms with van der Waals surface area (Å²) in [5.41, 5.74) is -1.02. The van der Waals surface area contributed by atoms with Crippen molar-refractivity contribution >= 4 is 28.8 Å². The smallest absolute Gasteiger partial charge is 0.332 e. The van der Waals surface area contributed by atoms with Crippen LogP contribution in [0.5, 0.6) is 0 Å². The molecule has 8 nitrogen and oxygen atoms in total. The highest BCUT2D eigenvalue weighted by Crippen LogP contribution is 2.32. The summed E-state index contributed by atoms with van der Waals surface area (Å²) < 4.78 is 7.37. The molecule has 1 fully saturated rings. The van der Waals surface area contributed by atoms with Crippen molar-refractivity contribution in [3.63, 3.8) is 0 Å². The number of carbonyl (C=O) groups is 1. The van der Waals surface area contributed by atoms with Gasteiger partial charge in [-0.25, -0.2) is 14.8 Å². The van der Waals surface area contributed by atoms with Gasteiger partial charge in [-0.05, 0) is 0 Å². The molecule has 1 aliphatic heterocycles. The van der Waals surface area contributed by atoms with Crippen molar-refractivity contribution in [3.05, 3.63) is 26.7 Å². The molecule has 0 radical (unpaired) electrons. The van der Waals surface area contributed by atoms with Gasteiger partial charge < -0.3 is 4.74 Å². The lowest BCUT2D eigenvalue weighted by atomic mass is 9.96. The van der Waals surface area contributed by atoms with Gasteiger partial charge in [0.25, 0.3) is 5.56 Å². The van der Waals surface area contributed by atoms with E-state index >= 15 is 0 Å². The van der Waals surface area contributed by atoms with Crippen LogP contribution in [0.4, 0.5) is 0 Å². The Morgan fingerprint density at radius 1 is 1.12 bits per heavy atom. The number of carbonyl (C=O) groups excluding carboxylic acids is 1. The summed E-state index contributed by atoms with van der Waals surface area (Å²) >= 11 is 1.20. The third-order valence-corrected chi connectivity index (χ3v) is 5.31. The van der Waals surface area contributed by atoms with Crippen LogP contribution in [0.25, 0.3) is 11.0 Å². The molecule has 3 heterocycles. The van der Waals surface area contributed by atoms with Gasteiger partial charge in [-0.1, -0.05) is 32.5 Å². The fourth-order valence-electron chi connectivity index (χ4n) is 2.57. The third kappa shape index (κ3) is 2.97. The van der Waals surface area contributed by atoms with Crippen LogP contribution in [0, 0.1) is 0 Å². The minimum Gasteiger partial charge on any atom is -0.465 e. The highest BCUT2D eigenvalue weighted by Gasteiger charge is 2.31. The van der Waals surface area contributed by atoms with Crippen molar-refractivity contribution in [1.29, 1.82) is 0 Å². The zero-order valence-electron chi connectivity index (χ0n) is 14.8. The second kappa shape index (κ2) is 5.98. The molecule has 134 valence electrons. The van der Waals surface area contributed by atoms with Gasteiger partial charge in [0.15, 0.2) is 5.65 Å². The quantitative estimate of drug-likeness (QED) is 0.572. The Morgan fingerprint density at radius 3 is 2.36 bits per heavy atom. The highest BCUT2D eigenvalue weighted by atomic mass is 32.2. The summed E-state index contributed by atoms with van der Waals surface area (Å²) in [6.45, 7) is 6.21. The van der Waals surface area contributed by atoms with E-state index in [1.54, 1.807) is 7.05 Å². The van der Waals surface area contributed by atoms with Crippen LogP contribution >= 0.6 is 11.8 Å². The van der Waals surface area contributed by atoms with Crippen LogP contribution in [0.3, 0.4) is 0 Å². The molecule has 0 bridgehead atoms. The number of cyclic esters (lactones) is 1. The highest BCUT2D eigenvalue weighted by molar-refractivity contribution is 8.00. The van der Waals surface area contributed by atoms with E-state index < -0.39 is 16.5 Å². The number of aryl methyl sites for hydroxylation is 1. The first kappa shape index (κ1) is 17.7. The number of hydrogen-bond donors (Lipinski definition) is 0. The molecule has 1 aliphatic rings. The molecule has 0 aromatic carbocycles. The molecule has 0 spiro atoms. The van der Waals surface area contributed by atoms with Crippen molar-refractivity contribution in [2.75, 3.05) is 6.61 Å². The lowest BCUT2D eigenvalue weighted by Gasteiger charge is -2.19. The van der Waals surface area contributed by atoms with Crippen molar-refractivity contribution < 1.29 is 9.53 Å². The molecule has 0 aliphatic carbocycles. The summed E-state index contributed by atoms with van der Waals surface area (Å²) in [7, 11) is 2.99. The Labute approximate surface area is 148 Å². The van der Waals surface area contributed by atoms with E-state index in [2.05, 4.69) is 9.97 Å². The number of rotatable bonds is 2. The van der Waals surface area contributed by atoms with Crippen molar-refractivity contribution in [2.24, 2.45) is 14.1 Å². The maximum atomic E-state index is 12.7. The summed E-state index contributed by atoms with van der Waals surface area (Å²) in [5, 5.41) is 0.255. The Balaban J connectivity index is 2.34. The molecule has 25 heavy (non-hydrogen) atoms. The van der Waals surface area contributed by atoms with Gasteiger partial charge in [-0.15, -0.1) is 0 Å². The number of fused-ring (bicyclic) bond motifs is 1. The largest absolute Gasteiger partial charge is 0.465 e. The molecular weight excluding hydrogens is 344 g/mol. The van der Waals surface area contributed by atoms with Crippen molar-refractivity contribution in [2.45, 2.75) is 42.9 Å². The monoisotopic (exact) mass is 364 g/mol. The minimum atomic E-state index is -0.465. The summed E-state index contributed by atoms with van der Waals surface area (Å²) in [6, 6.07) is 0. The molecule has 1 saturated heterocycles. The summed E-state index contributed by atoms with van der Waals surface area (Å²) in [6.07, 6.45) is 0.561. The molecule has 1 atom stereocenters. The van der Waals surface area contributed by atoms with E-state index in [0.29, 0.717) is 23.9 Å². The van der Waals surface area contributed by atoms with Crippen LogP contribution < -0.4 is 11.2 Å². The zero-order valence-corrected chi connectivity index (χ0v) is 15.6. The predicted molar refractivity (Wildman–Crippen MR) is 93.9 cm³/mol. The second-order valence-electron chi connectivity index (χ2n) is 7.07. The first-order chi connectivity index (χ1) is 11.6. The molecule has 0 amide bonds. The standard InChI is InChI=1S/C16H20N4O4S/c1-16(2,3)14-17-10-9(12(21)20(5)15(23)19(10)4)11(18-14)25-8-6-7-24-13(8)22/h8H,6-7H2,1-5H3/t8-/m1/s1. The van der Waals surface area contributed by atoms with Crippen LogP contribution in [-0.2, 0) is 29.0 Å². The van der Waals surface area contributed by atoms with Crippen LogP contribution in [0.15, 0.2) is 14.6 Å². The lowest BCUT2D eigenvalue weighted by molar-refractivity contribution is -0.137. The van der Waals surface area contributed by atoms with E-state index in [1.165, 1.54) is 23.4 Å². The molecule has 2 aromatic heterocycles. The third-order valence-electron chi connectivity index (χ3n) is 4.08. The molecule has 3 rings (SSSR count). The van der Waals surface area contributed by atoms with E-state index in [4.69, 9.17) is 4.74 Å². The SMILES string of the molecule is Cn1c(=O)c2c(S[C@@H]3CCOC3=O)nc(C(C)(C)C)nc2n(C)c1=O. The van der Waals surface area contributed by atoms with Gasteiger partial charge in [0.2, 0.25) is 0 Å². The van der Waals surface area contributed by atoms with Gasteiger partial charge in [0, 0.05) is 25.9 Å². The Bertz CT molecular complexity index is 987. The van der Waals surface area contributed by atoms with E-state index in [1.807, 2.05) is 20.8 Å². The Morgan fingerprint density at radius 2 is 1.80 bits per heavy atom. The van der Waals surface area contributed by atoms with Gasteiger partial charge in [-0.3, -0.25) is 18.7 Å². The number of nitrogens with zero attached hydrogens (tertiary/aromatic N) is 4. The Hall–Kier alpha value is -2.16. The maximum Gasteiger partial charge on any atom is 0.332 e. The van der Waals surface area contributed by atoms with Gasteiger partial charge in [0.1, 0.15) is 21.5 Å². The van der Waals surface area contributed by atoms with E-state index in [0.717, 1.165) is 4.57 Å². The van der Waals surface area contributed by atoms with Crippen molar-refractivity contribution in [1.82, 2.24) is 19.1 Å². The molecule has 9 heteroatoms. The second-order valence-corrected chi connectivity index (χ2v) is 8.26. The lowest BCUT2D eigenvalue weighted by Crippen LogP contribution is -2.38. The van der Waals surface area contributed by atoms with Crippen LogP contribution in [-0.4, -0.2) is 36.9 Å². The van der Waals surface area contributed by atoms with Gasteiger partial charge in [0.05, 0.1) is 6.61 Å². The van der Waals surface area contributed by atoms with Crippen molar-refractivity contribution in [3.8, 4) is 0 Å². The van der Waals surface area contributed by atoms with E-state index in [-0.39, 0.29) is 22.4 Å². The summed E-state index contributed by atoms with van der Waals surface area (Å²) in [4.78, 5) is 45.8. The minimum absolute atomic E-state index is 0.252. The van der Waals surface area contributed by atoms with Crippen LogP contribution in [0.2, 0.25) is 0 Å². The average molecular weight is 364 g/mol. The number of aromatic nitrogens is 4. The van der Waals surface area contributed by atoms with Crippen LogP contribution in [0.1, 0.15) is 33.0 Å². The maximum absolute atomic E-state index is 12.7. The normalized spacial score (nSPS) is 18.0. The number of hydrogen-bond acceptors (Lipinski definition) is 7. The van der Waals surface area contributed by atoms with E-state index in [9.17, 15) is 14.4 Å². The van der Waals surface area contributed by atoms with Gasteiger partial charge in [-0.2, -0.15) is 0 Å². The first-order valence-electron chi connectivity index (χ1n) is 7.93. The molecule has 2 aromatic rings. The molecule has 0 N–H and O–H groups in total. The first-order valence-corrected chi connectivity index (χ1v) is 8.80. The van der Waals surface area contributed by atoms with Gasteiger partial charge >= 0.3 is 11.7 Å². The fraction of sp³-hybridized carbons (Fsp3) is 0.562. The Kier molecular flexibility index (Phi) is 4.22. The fourth-order valence-corrected chi connectivity index (χ4v) is 3.65.